The second-order valence-electron chi connectivity index (χ2n) is 7.42. The molecule has 1 aromatic heterocycles. The average Bonchev–Trinajstić information content (AvgIpc) is 3.11. The number of carbonyl (C=O) groups excluding carboxylic acids is 1. The van der Waals surface area contributed by atoms with E-state index >= 15 is 0 Å². The lowest BCUT2D eigenvalue weighted by molar-refractivity contribution is -0.115. The van der Waals surface area contributed by atoms with Gasteiger partial charge in [0.05, 0.1) is 19.2 Å². The maximum atomic E-state index is 13.9. The number of aryl methyl sites for hydroxylation is 2. The Kier molecular flexibility index (Phi) is 7.18. The first-order valence-electron chi connectivity index (χ1n) is 9.65. The van der Waals surface area contributed by atoms with Crippen LogP contribution in [0.4, 0.5) is 10.1 Å². The fraction of sp³-hybridized carbons (Fsp3) is 0.304. The molecule has 0 radical (unpaired) electrons. The van der Waals surface area contributed by atoms with Crippen molar-refractivity contribution >= 4 is 22.9 Å². The number of amides is 1. The lowest BCUT2D eigenvalue weighted by Gasteiger charge is -2.15. The number of rotatable bonds is 8. The van der Waals surface area contributed by atoms with Crippen LogP contribution in [0.2, 0.25) is 0 Å². The zero-order valence-electron chi connectivity index (χ0n) is 17.7. The highest BCUT2D eigenvalue weighted by molar-refractivity contribution is 7.09. The maximum Gasteiger partial charge on any atom is 0.231 e. The van der Waals surface area contributed by atoms with Gasteiger partial charge in [-0.3, -0.25) is 9.69 Å². The molecule has 158 valence electrons. The smallest absolute Gasteiger partial charge is 0.231 e. The van der Waals surface area contributed by atoms with Crippen molar-refractivity contribution in [3.05, 3.63) is 75.0 Å². The van der Waals surface area contributed by atoms with Gasteiger partial charge in [0.2, 0.25) is 5.91 Å². The van der Waals surface area contributed by atoms with Crippen LogP contribution < -0.4 is 10.1 Å². The Labute approximate surface area is 180 Å². The number of halogens is 1. The Hall–Kier alpha value is -2.77. The van der Waals surface area contributed by atoms with Crippen LogP contribution in [0.15, 0.2) is 41.8 Å². The van der Waals surface area contributed by atoms with E-state index in [-0.39, 0.29) is 23.9 Å². The lowest BCUT2D eigenvalue weighted by Crippen LogP contribution is -2.18. The van der Waals surface area contributed by atoms with E-state index in [0.29, 0.717) is 13.1 Å². The molecule has 30 heavy (non-hydrogen) atoms. The van der Waals surface area contributed by atoms with Gasteiger partial charge in [-0.25, -0.2) is 9.37 Å². The number of ether oxygens (including phenoxy) is 1. The van der Waals surface area contributed by atoms with Crippen LogP contribution in [-0.2, 0) is 24.3 Å². The van der Waals surface area contributed by atoms with Crippen LogP contribution in [-0.4, -0.2) is 29.9 Å². The second-order valence-corrected chi connectivity index (χ2v) is 8.36. The summed E-state index contributed by atoms with van der Waals surface area (Å²) in [5.74, 6) is -0.203. The monoisotopic (exact) mass is 427 g/mol. The molecule has 3 rings (SSSR count). The predicted octanol–water partition coefficient (Wildman–Crippen LogP) is 4.72. The van der Waals surface area contributed by atoms with Crippen molar-refractivity contribution in [1.29, 1.82) is 0 Å². The SMILES string of the molecule is COc1ccc(CN(C)Cc2csc(CC(=O)Nc3cc(C)ccc3C)n2)cc1F. The summed E-state index contributed by atoms with van der Waals surface area (Å²) in [5.41, 5.74) is 4.73. The molecule has 0 saturated heterocycles. The molecule has 2 aromatic carbocycles. The van der Waals surface area contributed by atoms with E-state index in [1.165, 1.54) is 24.5 Å². The van der Waals surface area contributed by atoms with E-state index < -0.39 is 0 Å². The number of thiazole rings is 1. The fourth-order valence-corrected chi connectivity index (χ4v) is 3.94. The van der Waals surface area contributed by atoms with Gasteiger partial charge in [0.25, 0.3) is 0 Å². The number of benzene rings is 2. The number of methoxy groups -OCH3 is 1. The molecule has 1 amide bonds. The first-order valence-corrected chi connectivity index (χ1v) is 10.5. The van der Waals surface area contributed by atoms with Crippen LogP contribution in [0.3, 0.4) is 0 Å². The molecule has 0 unspecified atom stereocenters. The molecule has 5 nitrogen and oxygen atoms in total. The molecular formula is C23H26FN3O2S. The number of aromatic nitrogens is 1. The average molecular weight is 428 g/mol. The number of hydrogen-bond donors (Lipinski definition) is 1. The zero-order valence-corrected chi connectivity index (χ0v) is 18.5. The topological polar surface area (TPSA) is 54.5 Å². The van der Waals surface area contributed by atoms with E-state index in [4.69, 9.17) is 4.74 Å². The van der Waals surface area contributed by atoms with Crippen LogP contribution in [0, 0.1) is 19.7 Å². The van der Waals surface area contributed by atoms with Crippen LogP contribution >= 0.6 is 11.3 Å². The van der Waals surface area contributed by atoms with Gasteiger partial charge >= 0.3 is 0 Å². The maximum absolute atomic E-state index is 13.9. The van der Waals surface area contributed by atoms with Gasteiger partial charge in [-0.1, -0.05) is 18.2 Å². The van der Waals surface area contributed by atoms with E-state index in [1.54, 1.807) is 6.07 Å². The first kappa shape index (κ1) is 21.9. The van der Waals surface area contributed by atoms with E-state index in [0.717, 1.165) is 33.1 Å². The van der Waals surface area contributed by atoms with Crippen LogP contribution in [0.1, 0.15) is 27.4 Å². The number of carbonyl (C=O) groups is 1. The predicted molar refractivity (Wildman–Crippen MR) is 118 cm³/mol. The van der Waals surface area contributed by atoms with Gasteiger partial charge in [-0.2, -0.15) is 0 Å². The third-order valence-corrected chi connectivity index (χ3v) is 5.58. The Morgan fingerprint density at radius 2 is 2.00 bits per heavy atom. The van der Waals surface area contributed by atoms with E-state index in [9.17, 15) is 9.18 Å². The summed E-state index contributed by atoms with van der Waals surface area (Å²) in [6.45, 7) is 5.17. The molecule has 3 aromatic rings. The minimum atomic E-state index is -0.366. The van der Waals surface area contributed by atoms with Gasteiger partial charge < -0.3 is 10.1 Å². The molecule has 7 heteroatoms. The van der Waals surface area contributed by atoms with Crippen molar-refractivity contribution in [2.75, 3.05) is 19.5 Å². The summed E-state index contributed by atoms with van der Waals surface area (Å²) in [4.78, 5) is 19.0. The minimum absolute atomic E-state index is 0.0772. The Balaban J connectivity index is 1.54. The summed E-state index contributed by atoms with van der Waals surface area (Å²) in [5, 5.41) is 5.71. The fourth-order valence-electron chi connectivity index (χ4n) is 3.16. The number of hydrogen-bond acceptors (Lipinski definition) is 5. The molecule has 0 bridgehead atoms. The molecule has 0 fully saturated rings. The Bertz CT molecular complexity index is 1040. The van der Waals surface area contributed by atoms with E-state index in [1.807, 2.05) is 50.5 Å². The van der Waals surface area contributed by atoms with Crippen LogP contribution in [0.5, 0.6) is 5.75 Å². The lowest BCUT2D eigenvalue weighted by atomic mass is 10.1. The second kappa shape index (κ2) is 9.82. The highest BCUT2D eigenvalue weighted by Gasteiger charge is 2.12. The van der Waals surface area contributed by atoms with Gasteiger partial charge in [-0.05, 0) is 55.8 Å². The summed E-state index contributed by atoms with van der Waals surface area (Å²) in [6.07, 6.45) is 0.242. The van der Waals surface area contributed by atoms with Crippen molar-refractivity contribution < 1.29 is 13.9 Å². The molecular weight excluding hydrogens is 401 g/mol. The standard InChI is InChI=1S/C23H26FN3O2S/c1-15-5-6-16(2)20(9-15)26-22(28)11-23-25-18(14-30-23)13-27(3)12-17-7-8-21(29-4)19(24)10-17/h5-10,14H,11-13H2,1-4H3,(H,26,28). The van der Waals surface area contributed by atoms with Gasteiger partial charge in [0.1, 0.15) is 5.01 Å². The first-order chi connectivity index (χ1) is 14.3. The quantitative estimate of drug-likeness (QED) is 0.565. The van der Waals surface area contributed by atoms with Gasteiger partial charge in [0.15, 0.2) is 11.6 Å². The third-order valence-electron chi connectivity index (χ3n) is 4.68. The minimum Gasteiger partial charge on any atom is -0.494 e. The highest BCUT2D eigenvalue weighted by Crippen LogP contribution is 2.20. The summed E-state index contributed by atoms with van der Waals surface area (Å²) >= 11 is 1.48. The largest absolute Gasteiger partial charge is 0.494 e. The number of nitrogens with one attached hydrogen (secondary N) is 1. The van der Waals surface area contributed by atoms with Crippen molar-refractivity contribution in [2.45, 2.75) is 33.4 Å². The van der Waals surface area contributed by atoms with Gasteiger partial charge in [-0.15, -0.1) is 11.3 Å². The third kappa shape index (κ3) is 5.87. The van der Waals surface area contributed by atoms with Crippen molar-refractivity contribution in [1.82, 2.24) is 9.88 Å². The Morgan fingerprint density at radius 3 is 2.73 bits per heavy atom. The molecule has 1 heterocycles. The normalized spacial score (nSPS) is 11.0. The molecule has 0 aliphatic heterocycles. The molecule has 0 aliphatic rings. The number of nitrogens with zero attached hydrogens (tertiary/aromatic N) is 2. The van der Waals surface area contributed by atoms with E-state index in [2.05, 4.69) is 15.2 Å². The van der Waals surface area contributed by atoms with Gasteiger partial charge in [0, 0.05) is 24.2 Å². The summed E-state index contributed by atoms with van der Waals surface area (Å²) in [7, 11) is 3.40. The van der Waals surface area contributed by atoms with Crippen molar-refractivity contribution in [3.8, 4) is 5.75 Å². The van der Waals surface area contributed by atoms with Crippen LogP contribution in [0.25, 0.3) is 0 Å². The highest BCUT2D eigenvalue weighted by atomic mass is 32.1. The molecule has 0 spiro atoms. The summed E-state index contributed by atoms with van der Waals surface area (Å²) in [6, 6.07) is 11.0. The zero-order chi connectivity index (χ0) is 21.7. The van der Waals surface area contributed by atoms with Crippen molar-refractivity contribution in [2.24, 2.45) is 0 Å². The Morgan fingerprint density at radius 1 is 1.20 bits per heavy atom. The number of anilines is 1. The summed E-state index contributed by atoms with van der Waals surface area (Å²) < 4.78 is 18.8. The molecule has 0 saturated carbocycles. The molecule has 0 atom stereocenters. The van der Waals surface area contributed by atoms with Crippen molar-refractivity contribution in [3.63, 3.8) is 0 Å². The molecule has 0 aliphatic carbocycles. The molecule has 1 N–H and O–H groups in total.